The highest BCUT2D eigenvalue weighted by Crippen LogP contribution is 2.40. The quantitative estimate of drug-likeness (QED) is 0.646. The smallest absolute Gasteiger partial charge is 0.428 e. The van der Waals surface area contributed by atoms with Crippen LogP contribution in [0.3, 0.4) is 0 Å². The van der Waals surface area contributed by atoms with Crippen LogP contribution < -0.4 is 10.1 Å². The molecule has 1 heterocycles. The summed E-state index contributed by atoms with van der Waals surface area (Å²) in [5, 5.41) is 3.34. The summed E-state index contributed by atoms with van der Waals surface area (Å²) in [6, 6.07) is 6.46. The van der Waals surface area contributed by atoms with Crippen molar-refractivity contribution < 1.29 is 22.3 Å². The predicted molar refractivity (Wildman–Crippen MR) is 102 cm³/mol. The molecule has 1 aromatic carbocycles. The van der Waals surface area contributed by atoms with E-state index in [9.17, 15) is 17.6 Å². The molecule has 0 amide bonds. The van der Waals surface area contributed by atoms with Gasteiger partial charge >= 0.3 is 12.5 Å². The number of hydrogen-bond acceptors (Lipinski definition) is 3. The second kappa shape index (κ2) is 10.7. The van der Waals surface area contributed by atoms with Gasteiger partial charge in [-0.25, -0.2) is 0 Å². The summed E-state index contributed by atoms with van der Waals surface area (Å²) in [5.41, 5.74) is 1.04. The molecular formula is C18H26Cl2F4N2O. The van der Waals surface area contributed by atoms with Crippen LogP contribution in [0.5, 0.6) is 5.75 Å². The van der Waals surface area contributed by atoms with Gasteiger partial charge in [0, 0.05) is 32.2 Å². The molecule has 0 aromatic heterocycles. The number of nitrogens with one attached hydrogen (secondary N) is 1. The number of halogens is 6. The second-order valence-corrected chi connectivity index (χ2v) is 6.81. The lowest BCUT2D eigenvalue weighted by Gasteiger charge is -2.38. The molecule has 0 unspecified atom stereocenters. The molecule has 27 heavy (non-hydrogen) atoms. The first-order valence-corrected chi connectivity index (χ1v) is 8.87. The fraction of sp³-hybridized carbons (Fsp3) is 0.667. The molecule has 3 rings (SSSR count). The van der Waals surface area contributed by atoms with Crippen LogP contribution in [0, 0.1) is 5.92 Å². The van der Waals surface area contributed by atoms with Gasteiger partial charge in [0.15, 0.2) is 0 Å². The van der Waals surface area contributed by atoms with E-state index in [1.165, 1.54) is 25.0 Å². The van der Waals surface area contributed by atoms with E-state index in [4.69, 9.17) is 0 Å². The van der Waals surface area contributed by atoms with E-state index in [2.05, 4.69) is 15.0 Å². The number of hydrogen-bond donors (Lipinski definition) is 1. The number of nitrogens with zero attached hydrogens (tertiary/aromatic N) is 1. The van der Waals surface area contributed by atoms with Crippen LogP contribution in [0.4, 0.5) is 17.6 Å². The summed E-state index contributed by atoms with van der Waals surface area (Å²) in [4.78, 5) is 2.44. The number of piperazine rings is 1. The van der Waals surface area contributed by atoms with E-state index in [1.807, 2.05) is 0 Å². The van der Waals surface area contributed by atoms with Crippen LogP contribution in [-0.4, -0.2) is 43.6 Å². The molecule has 1 saturated heterocycles. The van der Waals surface area contributed by atoms with Crippen molar-refractivity contribution in [2.75, 3.05) is 26.2 Å². The molecule has 1 aliphatic heterocycles. The normalized spacial score (nSPS) is 20.0. The number of ether oxygens (including phenoxy) is 1. The van der Waals surface area contributed by atoms with Gasteiger partial charge in [-0.15, -0.1) is 24.8 Å². The molecular weight excluding hydrogens is 407 g/mol. The standard InChI is InChI=1S/C18H24F4N2O.2ClH/c19-17(20)18(21,22)25-15-7-5-14(6-8-15)16(13-3-1-2-4-13)24-11-9-23-10-12-24;;/h5-8,13,16-17,23H,1-4,9-12H2;2*1H/t16-;;/m1../s1. The second-order valence-electron chi connectivity index (χ2n) is 6.81. The third-order valence-electron chi connectivity index (χ3n) is 5.12. The minimum absolute atomic E-state index is 0. The molecule has 1 N–H and O–H groups in total. The third kappa shape index (κ3) is 6.11. The summed E-state index contributed by atoms with van der Waals surface area (Å²) in [5.74, 6) is 0.312. The number of alkyl halides is 4. The maximum absolute atomic E-state index is 13.0. The maximum atomic E-state index is 13.0. The first kappa shape index (κ1) is 24.3. The SMILES string of the molecule is Cl.Cl.FC(F)C(F)(F)Oc1ccc([C@@H](C2CCCC2)N2CCNCC2)cc1. The Morgan fingerprint density at radius 2 is 1.56 bits per heavy atom. The Morgan fingerprint density at radius 3 is 2.07 bits per heavy atom. The van der Waals surface area contributed by atoms with Gasteiger partial charge < -0.3 is 10.1 Å². The lowest BCUT2D eigenvalue weighted by atomic mass is 9.89. The molecule has 2 aliphatic rings. The van der Waals surface area contributed by atoms with Gasteiger partial charge in [0.25, 0.3) is 0 Å². The van der Waals surface area contributed by atoms with Crippen LogP contribution in [0.2, 0.25) is 0 Å². The summed E-state index contributed by atoms with van der Waals surface area (Å²) < 4.78 is 54.8. The van der Waals surface area contributed by atoms with Gasteiger partial charge in [0.05, 0.1) is 0 Å². The summed E-state index contributed by atoms with van der Waals surface area (Å²) in [6.07, 6.45) is -3.55. The first-order valence-electron chi connectivity index (χ1n) is 8.87. The Morgan fingerprint density at radius 1 is 1.00 bits per heavy atom. The third-order valence-corrected chi connectivity index (χ3v) is 5.12. The molecule has 1 atom stereocenters. The van der Waals surface area contributed by atoms with Gasteiger partial charge in [0.1, 0.15) is 5.75 Å². The fourth-order valence-electron chi connectivity index (χ4n) is 3.95. The molecule has 1 aliphatic carbocycles. The maximum Gasteiger partial charge on any atom is 0.461 e. The zero-order valence-electron chi connectivity index (χ0n) is 14.9. The number of rotatable bonds is 6. The average Bonchev–Trinajstić information content (AvgIpc) is 3.11. The van der Waals surface area contributed by atoms with Crippen LogP contribution in [-0.2, 0) is 0 Å². The molecule has 0 radical (unpaired) electrons. The van der Waals surface area contributed by atoms with E-state index in [-0.39, 0.29) is 36.6 Å². The lowest BCUT2D eigenvalue weighted by molar-refractivity contribution is -0.253. The van der Waals surface area contributed by atoms with E-state index in [1.54, 1.807) is 12.1 Å². The Kier molecular flexibility index (Phi) is 9.62. The van der Waals surface area contributed by atoms with Gasteiger partial charge in [-0.1, -0.05) is 25.0 Å². The van der Waals surface area contributed by atoms with Crippen molar-refractivity contribution in [3.05, 3.63) is 29.8 Å². The molecule has 3 nitrogen and oxygen atoms in total. The minimum atomic E-state index is -4.47. The Hall–Kier alpha value is -0.760. The molecule has 1 saturated carbocycles. The molecule has 0 spiro atoms. The first-order chi connectivity index (χ1) is 12.0. The van der Waals surface area contributed by atoms with E-state index in [0.29, 0.717) is 5.92 Å². The van der Waals surface area contributed by atoms with Crippen molar-refractivity contribution in [3.63, 3.8) is 0 Å². The zero-order valence-corrected chi connectivity index (χ0v) is 16.5. The summed E-state index contributed by atoms with van der Waals surface area (Å²) in [7, 11) is 0. The van der Waals surface area contributed by atoms with Crippen molar-refractivity contribution in [1.29, 1.82) is 0 Å². The van der Waals surface area contributed by atoms with Gasteiger partial charge in [0.2, 0.25) is 0 Å². The highest BCUT2D eigenvalue weighted by molar-refractivity contribution is 5.85. The largest absolute Gasteiger partial charge is 0.461 e. The van der Waals surface area contributed by atoms with Crippen molar-refractivity contribution in [2.24, 2.45) is 5.92 Å². The van der Waals surface area contributed by atoms with E-state index < -0.39 is 12.5 Å². The number of benzene rings is 1. The van der Waals surface area contributed by atoms with Crippen molar-refractivity contribution in [2.45, 2.75) is 44.3 Å². The minimum Gasteiger partial charge on any atom is -0.428 e. The molecule has 0 bridgehead atoms. The van der Waals surface area contributed by atoms with Crippen LogP contribution in [0.15, 0.2) is 24.3 Å². The Bertz CT molecular complexity index is 551. The monoisotopic (exact) mass is 432 g/mol. The molecule has 2 fully saturated rings. The summed E-state index contributed by atoms with van der Waals surface area (Å²) >= 11 is 0. The highest BCUT2D eigenvalue weighted by Gasteiger charge is 2.44. The van der Waals surface area contributed by atoms with Crippen molar-refractivity contribution >= 4 is 24.8 Å². The fourth-order valence-corrected chi connectivity index (χ4v) is 3.95. The van der Waals surface area contributed by atoms with Crippen molar-refractivity contribution in [1.82, 2.24) is 10.2 Å². The molecule has 9 heteroatoms. The zero-order chi connectivity index (χ0) is 17.9. The topological polar surface area (TPSA) is 24.5 Å². The van der Waals surface area contributed by atoms with E-state index in [0.717, 1.165) is 44.6 Å². The Labute approximate surface area is 169 Å². The van der Waals surface area contributed by atoms with Crippen LogP contribution in [0.1, 0.15) is 37.3 Å². The van der Waals surface area contributed by atoms with Crippen LogP contribution >= 0.6 is 24.8 Å². The molecule has 156 valence electrons. The van der Waals surface area contributed by atoms with Crippen molar-refractivity contribution in [3.8, 4) is 5.75 Å². The van der Waals surface area contributed by atoms with Gasteiger partial charge in [-0.05, 0) is 36.5 Å². The predicted octanol–water partition coefficient (Wildman–Crippen LogP) is 4.90. The van der Waals surface area contributed by atoms with Crippen LogP contribution in [0.25, 0.3) is 0 Å². The lowest BCUT2D eigenvalue weighted by Crippen LogP contribution is -2.46. The van der Waals surface area contributed by atoms with Gasteiger partial charge in [-0.2, -0.15) is 17.6 Å². The molecule has 1 aromatic rings. The van der Waals surface area contributed by atoms with Gasteiger partial charge in [-0.3, -0.25) is 4.90 Å². The average molecular weight is 433 g/mol. The Balaban J connectivity index is 0.00000182. The summed E-state index contributed by atoms with van der Waals surface area (Å²) in [6.45, 7) is 3.77. The van der Waals surface area contributed by atoms with E-state index >= 15 is 0 Å². The highest BCUT2D eigenvalue weighted by atomic mass is 35.5.